The number of para-hydroxylation sites is 1. The molecule has 9 aromatic rings. The van der Waals surface area contributed by atoms with E-state index < -0.39 is 0 Å². The van der Waals surface area contributed by atoms with E-state index in [2.05, 4.69) is 147 Å². The van der Waals surface area contributed by atoms with Gasteiger partial charge in [-0.25, -0.2) is 19.9 Å². The lowest BCUT2D eigenvalue weighted by Crippen LogP contribution is -2.14. The van der Waals surface area contributed by atoms with Crippen molar-refractivity contribution >= 4 is 21.6 Å². The molecule has 0 saturated carbocycles. The van der Waals surface area contributed by atoms with Crippen LogP contribution in [0.1, 0.15) is 25.0 Å². The molecule has 2 aromatic heterocycles. The maximum absolute atomic E-state index is 5.22. The van der Waals surface area contributed by atoms with E-state index in [0.717, 1.165) is 43.0 Å². The van der Waals surface area contributed by atoms with Gasteiger partial charge in [-0.3, -0.25) is 0 Å². The zero-order valence-corrected chi connectivity index (χ0v) is 30.7. The van der Waals surface area contributed by atoms with Crippen LogP contribution >= 0.6 is 11.3 Å². The molecule has 4 nitrogen and oxygen atoms in total. The predicted octanol–water partition coefficient (Wildman–Crippen LogP) is 12.8. The summed E-state index contributed by atoms with van der Waals surface area (Å²) in [6.07, 6.45) is 0. The second-order valence-electron chi connectivity index (χ2n) is 14.3. The van der Waals surface area contributed by atoms with Gasteiger partial charge in [0.15, 0.2) is 17.5 Å². The van der Waals surface area contributed by atoms with Crippen LogP contribution in [0.15, 0.2) is 170 Å². The van der Waals surface area contributed by atoms with E-state index in [1.807, 2.05) is 36.4 Å². The van der Waals surface area contributed by atoms with Crippen molar-refractivity contribution in [2.24, 2.45) is 0 Å². The quantitative estimate of drug-likeness (QED) is 0.172. The highest BCUT2D eigenvalue weighted by atomic mass is 32.1. The Balaban J connectivity index is 1.01. The van der Waals surface area contributed by atoms with Gasteiger partial charge in [-0.1, -0.05) is 166 Å². The van der Waals surface area contributed by atoms with E-state index in [-0.39, 0.29) is 5.41 Å². The Morgan fingerprint density at radius 1 is 0.370 bits per heavy atom. The van der Waals surface area contributed by atoms with Crippen molar-refractivity contribution in [1.29, 1.82) is 0 Å². The van der Waals surface area contributed by atoms with Crippen LogP contribution in [0.5, 0.6) is 0 Å². The van der Waals surface area contributed by atoms with Crippen LogP contribution in [0.3, 0.4) is 0 Å². The Labute approximate surface area is 318 Å². The second-order valence-corrected chi connectivity index (χ2v) is 15.3. The molecule has 0 unspecified atom stereocenters. The van der Waals surface area contributed by atoms with Gasteiger partial charge in [-0.05, 0) is 62.7 Å². The maximum atomic E-state index is 5.22. The third kappa shape index (κ3) is 5.53. The molecule has 0 saturated heterocycles. The van der Waals surface area contributed by atoms with E-state index in [4.69, 9.17) is 19.9 Å². The molecule has 0 N–H and O–H groups in total. The van der Waals surface area contributed by atoms with Crippen LogP contribution in [0.25, 0.3) is 88.3 Å². The molecule has 0 fully saturated rings. The van der Waals surface area contributed by atoms with Gasteiger partial charge in [-0.15, -0.1) is 11.3 Å². The summed E-state index contributed by atoms with van der Waals surface area (Å²) in [6.45, 7) is 4.66. The summed E-state index contributed by atoms with van der Waals surface area (Å²) >= 11 is 1.69. The molecule has 0 amide bonds. The molecule has 2 heterocycles. The fraction of sp³-hybridized carbons (Fsp3) is 0.0612. The van der Waals surface area contributed by atoms with Crippen molar-refractivity contribution in [3.8, 4) is 78.1 Å². The monoisotopic (exact) mass is 710 g/mol. The van der Waals surface area contributed by atoms with E-state index >= 15 is 0 Å². The zero-order chi connectivity index (χ0) is 36.2. The minimum Gasteiger partial charge on any atom is -0.235 e. The Bertz CT molecular complexity index is 2820. The second kappa shape index (κ2) is 12.8. The van der Waals surface area contributed by atoms with E-state index in [1.54, 1.807) is 11.3 Å². The summed E-state index contributed by atoms with van der Waals surface area (Å²) in [6, 6.07) is 59.7. The molecule has 1 aliphatic carbocycles. The smallest absolute Gasteiger partial charge is 0.166 e. The number of aromatic nitrogens is 4. The van der Waals surface area contributed by atoms with Gasteiger partial charge in [0.25, 0.3) is 0 Å². The molecule has 54 heavy (non-hydrogen) atoms. The lowest BCUT2D eigenvalue weighted by atomic mass is 9.81. The van der Waals surface area contributed by atoms with Gasteiger partial charge in [0.05, 0.1) is 10.2 Å². The molecule has 0 radical (unpaired) electrons. The number of benzene rings is 7. The maximum Gasteiger partial charge on any atom is 0.166 e. The molecular formula is C49H34N4S. The molecule has 0 atom stereocenters. The summed E-state index contributed by atoms with van der Waals surface area (Å²) in [5.41, 5.74) is 14.9. The first-order valence-electron chi connectivity index (χ1n) is 18.2. The van der Waals surface area contributed by atoms with E-state index in [9.17, 15) is 0 Å². The van der Waals surface area contributed by atoms with Crippen LogP contribution in [0, 0.1) is 0 Å². The van der Waals surface area contributed by atoms with Crippen molar-refractivity contribution in [3.63, 3.8) is 0 Å². The van der Waals surface area contributed by atoms with Gasteiger partial charge < -0.3 is 0 Å². The molecule has 1 aliphatic rings. The first kappa shape index (κ1) is 32.1. The number of nitrogens with zero attached hydrogens (tertiary/aromatic N) is 4. The van der Waals surface area contributed by atoms with Crippen LogP contribution in [-0.4, -0.2) is 19.9 Å². The van der Waals surface area contributed by atoms with Crippen molar-refractivity contribution in [3.05, 3.63) is 181 Å². The van der Waals surface area contributed by atoms with Gasteiger partial charge in [0.1, 0.15) is 5.01 Å². The molecular weight excluding hydrogens is 677 g/mol. The van der Waals surface area contributed by atoms with Crippen LogP contribution in [0.2, 0.25) is 0 Å². The molecule has 5 heteroatoms. The SMILES string of the molecule is CC1(C)c2ccccc2-c2ccc(-c3ccc(-c4nc5c(-c6nc(-c7ccccc7)nc(-c7ccc(-c8ccccc8)cc7)n6)cccc5s4)cc3)cc21. The summed E-state index contributed by atoms with van der Waals surface area (Å²) in [5.74, 6) is 1.86. The van der Waals surface area contributed by atoms with Crippen molar-refractivity contribution < 1.29 is 0 Å². The summed E-state index contributed by atoms with van der Waals surface area (Å²) in [5, 5.41) is 0.962. The zero-order valence-electron chi connectivity index (χ0n) is 29.9. The summed E-state index contributed by atoms with van der Waals surface area (Å²) in [4.78, 5) is 20.3. The third-order valence-electron chi connectivity index (χ3n) is 10.6. The van der Waals surface area contributed by atoms with Gasteiger partial charge in [0, 0.05) is 27.7 Å². The Hall–Kier alpha value is -6.56. The lowest BCUT2D eigenvalue weighted by Gasteiger charge is -2.22. The first-order chi connectivity index (χ1) is 26.5. The fourth-order valence-corrected chi connectivity index (χ4v) is 8.72. The molecule has 0 spiro atoms. The fourth-order valence-electron chi connectivity index (χ4n) is 7.73. The number of hydrogen-bond donors (Lipinski definition) is 0. The summed E-state index contributed by atoms with van der Waals surface area (Å²) < 4.78 is 1.09. The van der Waals surface area contributed by atoms with Crippen molar-refractivity contribution in [2.75, 3.05) is 0 Å². The Morgan fingerprint density at radius 2 is 0.870 bits per heavy atom. The van der Waals surface area contributed by atoms with Crippen LogP contribution in [0.4, 0.5) is 0 Å². The van der Waals surface area contributed by atoms with Gasteiger partial charge in [0.2, 0.25) is 0 Å². The van der Waals surface area contributed by atoms with Gasteiger partial charge in [-0.2, -0.15) is 0 Å². The highest BCUT2D eigenvalue weighted by Crippen LogP contribution is 2.49. The minimum absolute atomic E-state index is 0.0330. The molecule has 10 rings (SSSR count). The van der Waals surface area contributed by atoms with Crippen molar-refractivity contribution in [2.45, 2.75) is 19.3 Å². The molecule has 256 valence electrons. The number of rotatable bonds is 6. The van der Waals surface area contributed by atoms with Crippen LogP contribution < -0.4 is 0 Å². The lowest BCUT2D eigenvalue weighted by molar-refractivity contribution is 0.660. The molecule has 0 bridgehead atoms. The number of fused-ring (bicyclic) bond motifs is 4. The highest BCUT2D eigenvalue weighted by Gasteiger charge is 2.35. The Morgan fingerprint density at radius 3 is 1.59 bits per heavy atom. The first-order valence-corrected chi connectivity index (χ1v) is 19.0. The largest absolute Gasteiger partial charge is 0.235 e. The Kier molecular flexibility index (Phi) is 7.63. The third-order valence-corrected chi connectivity index (χ3v) is 11.7. The number of thiazole rings is 1. The van der Waals surface area contributed by atoms with E-state index in [0.29, 0.717) is 17.5 Å². The normalized spacial score (nSPS) is 12.8. The van der Waals surface area contributed by atoms with Gasteiger partial charge >= 0.3 is 0 Å². The molecule has 7 aromatic carbocycles. The standard InChI is InChI=1S/C49H34N4S/c1-49(2)41-18-10-9-16-38(41)39-29-28-37(30-42(39)49)33-22-26-36(27-23-33)48-50-44-40(17-11-19-43(44)54-48)47-52-45(34-14-7-4-8-15-34)51-46(53-47)35-24-20-32(21-25-35)31-12-5-3-6-13-31/h3-30H,1-2H3. The topological polar surface area (TPSA) is 51.6 Å². The summed E-state index contributed by atoms with van der Waals surface area (Å²) in [7, 11) is 0. The predicted molar refractivity (Wildman–Crippen MR) is 223 cm³/mol. The minimum atomic E-state index is -0.0330. The highest BCUT2D eigenvalue weighted by molar-refractivity contribution is 7.21. The average Bonchev–Trinajstić information content (AvgIpc) is 3.78. The van der Waals surface area contributed by atoms with E-state index in [1.165, 1.54) is 38.9 Å². The van der Waals surface area contributed by atoms with Crippen LogP contribution in [-0.2, 0) is 5.41 Å². The number of hydrogen-bond acceptors (Lipinski definition) is 5. The molecule has 0 aliphatic heterocycles. The average molecular weight is 711 g/mol. The van der Waals surface area contributed by atoms with Crippen molar-refractivity contribution in [1.82, 2.24) is 19.9 Å².